The summed E-state index contributed by atoms with van der Waals surface area (Å²) in [5, 5.41) is 7.93. The Bertz CT molecular complexity index is 589. The molecule has 0 saturated heterocycles. The predicted molar refractivity (Wildman–Crippen MR) is 72.3 cm³/mol. The van der Waals surface area contributed by atoms with Crippen LogP contribution in [0.4, 0.5) is 8.78 Å². The molecule has 114 valence electrons. The van der Waals surface area contributed by atoms with E-state index in [1.807, 2.05) is 0 Å². The van der Waals surface area contributed by atoms with E-state index in [0.717, 1.165) is 0 Å². The summed E-state index contributed by atoms with van der Waals surface area (Å²) in [7, 11) is 0. The Morgan fingerprint density at radius 1 is 1.33 bits per heavy atom. The first-order chi connectivity index (χ1) is 10.1. The largest absolute Gasteiger partial charge is 0.490 e. The minimum Gasteiger partial charge on any atom is -0.490 e. The lowest BCUT2D eigenvalue weighted by molar-refractivity contribution is -0.0514. The zero-order chi connectivity index (χ0) is 15.2. The van der Waals surface area contributed by atoms with E-state index in [9.17, 15) is 8.78 Å². The quantitative estimate of drug-likeness (QED) is 0.845. The third-order valence-corrected chi connectivity index (χ3v) is 2.65. The number of ether oxygens (including phenoxy) is 2. The Balaban J connectivity index is 2.29. The minimum absolute atomic E-state index is 0.00931. The molecule has 2 aromatic rings. The van der Waals surface area contributed by atoms with Crippen molar-refractivity contribution in [2.75, 3.05) is 13.2 Å². The van der Waals surface area contributed by atoms with Crippen LogP contribution in [0.1, 0.15) is 6.92 Å². The van der Waals surface area contributed by atoms with E-state index in [0.29, 0.717) is 31.0 Å². The van der Waals surface area contributed by atoms with Crippen LogP contribution in [0.25, 0.3) is 11.3 Å². The molecule has 2 N–H and O–H groups in total. The molecule has 0 radical (unpaired) electrons. The summed E-state index contributed by atoms with van der Waals surface area (Å²) >= 11 is 0. The van der Waals surface area contributed by atoms with Crippen molar-refractivity contribution < 1.29 is 18.3 Å². The molecule has 0 spiro atoms. The molecule has 0 amide bonds. The van der Waals surface area contributed by atoms with Gasteiger partial charge in [-0.3, -0.25) is 4.68 Å². The predicted octanol–water partition coefficient (Wildman–Crippen LogP) is 1.90. The standard InChI is InChI=1S/C13H16F2N4O2/c1-2-20-12-7-9(3-4-11(12)21-13(14)15)10-8-19(6-5-16)18-17-10/h3-4,7-8,13H,2,5-6,16H2,1H3. The highest BCUT2D eigenvalue weighted by atomic mass is 19.3. The molecule has 0 saturated carbocycles. The highest BCUT2D eigenvalue weighted by Gasteiger charge is 2.13. The van der Waals surface area contributed by atoms with Crippen LogP contribution in [0.2, 0.25) is 0 Å². The Hall–Kier alpha value is -2.22. The second-order valence-electron chi connectivity index (χ2n) is 4.13. The van der Waals surface area contributed by atoms with E-state index >= 15 is 0 Å². The van der Waals surface area contributed by atoms with Crippen LogP contribution in [-0.2, 0) is 6.54 Å². The molecule has 1 heterocycles. The molecule has 0 aliphatic heterocycles. The average molecular weight is 298 g/mol. The second kappa shape index (κ2) is 6.98. The van der Waals surface area contributed by atoms with E-state index in [1.165, 1.54) is 6.07 Å². The highest BCUT2D eigenvalue weighted by Crippen LogP contribution is 2.33. The van der Waals surface area contributed by atoms with Gasteiger partial charge >= 0.3 is 6.61 Å². The number of alkyl halides is 2. The molecular weight excluding hydrogens is 282 g/mol. The number of nitrogens with two attached hydrogens (primary N) is 1. The highest BCUT2D eigenvalue weighted by molar-refractivity contribution is 5.63. The van der Waals surface area contributed by atoms with Gasteiger partial charge in [-0.2, -0.15) is 8.78 Å². The van der Waals surface area contributed by atoms with Crippen LogP contribution < -0.4 is 15.2 Å². The van der Waals surface area contributed by atoms with Crippen LogP contribution in [0.3, 0.4) is 0 Å². The van der Waals surface area contributed by atoms with Crippen molar-refractivity contribution in [3.05, 3.63) is 24.4 Å². The van der Waals surface area contributed by atoms with Gasteiger partial charge in [0.25, 0.3) is 0 Å². The average Bonchev–Trinajstić information content (AvgIpc) is 2.89. The Kier molecular flexibility index (Phi) is 5.04. The van der Waals surface area contributed by atoms with Crippen molar-refractivity contribution in [1.82, 2.24) is 15.0 Å². The topological polar surface area (TPSA) is 75.2 Å². The van der Waals surface area contributed by atoms with Gasteiger partial charge in [-0.1, -0.05) is 5.21 Å². The van der Waals surface area contributed by atoms with E-state index in [2.05, 4.69) is 15.0 Å². The van der Waals surface area contributed by atoms with Gasteiger partial charge < -0.3 is 15.2 Å². The Morgan fingerprint density at radius 2 is 2.14 bits per heavy atom. The van der Waals surface area contributed by atoms with Crippen molar-refractivity contribution in [3.63, 3.8) is 0 Å². The third kappa shape index (κ3) is 3.88. The van der Waals surface area contributed by atoms with Crippen molar-refractivity contribution >= 4 is 0 Å². The van der Waals surface area contributed by atoms with Crippen molar-refractivity contribution in [2.45, 2.75) is 20.1 Å². The SMILES string of the molecule is CCOc1cc(-c2cn(CCN)nn2)ccc1OC(F)F. The van der Waals surface area contributed by atoms with Gasteiger partial charge in [0.05, 0.1) is 19.3 Å². The van der Waals surface area contributed by atoms with Gasteiger partial charge in [0, 0.05) is 12.1 Å². The van der Waals surface area contributed by atoms with Crippen LogP contribution in [-0.4, -0.2) is 34.8 Å². The fourth-order valence-corrected chi connectivity index (χ4v) is 1.80. The molecule has 1 aromatic heterocycles. The number of halogens is 2. The Labute approximate surface area is 120 Å². The lowest BCUT2D eigenvalue weighted by Crippen LogP contribution is -2.10. The van der Waals surface area contributed by atoms with Crippen LogP contribution in [0.5, 0.6) is 11.5 Å². The van der Waals surface area contributed by atoms with Gasteiger partial charge in [-0.05, 0) is 25.1 Å². The summed E-state index contributed by atoms with van der Waals surface area (Å²) in [6, 6.07) is 4.64. The van der Waals surface area contributed by atoms with E-state index in [1.54, 1.807) is 29.9 Å². The lowest BCUT2D eigenvalue weighted by Gasteiger charge is -2.11. The van der Waals surface area contributed by atoms with Gasteiger partial charge in [0.2, 0.25) is 0 Å². The first-order valence-corrected chi connectivity index (χ1v) is 6.46. The molecule has 0 unspecified atom stereocenters. The van der Waals surface area contributed by atoms with Gasteiger partial charge in [0.1, 0.15) is 5.69 Å². The number of hydrogen-bond acceptors (Lipinski definition) is 5. The summed E-state index contributed by atoms with van der Waals surface area (Å²) in [5.74, 6) is 0.230. The number of aromatic nitrogens is 3. The molecule has 0 fully saturated rings. The summed E-state index contributed by atoms with van der Waals surface area (Å²) in [6.07, 6.45) is 1.73. The van der Waals surface area contributed by atoms with Crippen LogP contribution in [0, 0.1) is 0 Å². The van der Waals surface area contributed by atoms with Gasteiger partial charge in [0.15, 0.2) is 11.5 Å². The van der Waals surface area contributed by atoms with Gasteiger partial charge in [-0.15, -0.1) is 5.10 Å². The number of nitrogens with zero attached hydrogens (tertiary/aromatic N) is 3. The zero-order valence-corrected chi connectivity index (χ0v) is 11.5. The maximum absolute atomic E-state index is 12.3. The second-order valence-corrected chi connectivity index (χ2v) is 4.13. The van der Waals surface area contributed by atoms with Crippen molar-refractivity contribution in [2.24, 2.45) is 5.73 Å². The molecule has 2 rings (SSSR count). The molecule has 0 aliphatic carbocycles. The maximum atomic E-state index is 12.3. The van der Waals surface area contributed by atoms with Crippen LogP contribution >= 0.6 is 0 Å². The number of rotatable bonds is 7. The minimum atomic E-state index is -2.90. The monoisotopic (exact) mass is 298 g/mol. The summed E-state index contributed by atoms with van der Waals surface area (Å²) in [5.41, 5.74) is 6.74. The molecule has 0 bridgehead atoms. The maximum Gasteiger partial charge on any atom is 0.387 e. The number of hydrogen-bond donors (Lipinski definition) is 1. The van der Waals surface area contributed by atoms with Crippen molar-refractivity contribution in [1.29, 1.82) is 0 Å². The molecule has 6 nitrogen and oxygen atoms in total. The summed E-state index contributed by atoms with van der Waals surface area (Å²) in [6.45, 7) is 0.200. The smallest absolute Gasteiger partial charge is 0.387 e. The molecular formula is C13H16F2N4O2. The van der Waals surface area contributed by atoms with Gasteiger partial charge in [-0.25, -0.2) is 0 Å². The van der Waals surface area contributed by atoms with E-state index in [-0.39, 0.29) is 11.5 Å². The van der Waals surface area contributed by atoms with E-state index in [4.69, 9.17) is 10.5 Å². The lowest BCUT2D eigenvalue weighted by atomic mass is 10.1. The molecule has 21 heavy (non-hydrogen) atoms. The molecule has 8 heteroatoms. The molecule has 0 atom stereocenters. The first-order valence-electron chi connectivity index (χ1n) is 6.46. The zero-order valence-electron chi connectivity index (χ0n) is 11.5. The van der Waals surface area contributed by atoms with Crippen molar-refractivity contribution in [3.8, 4) is 22.8 Å². The van der Waals surface area contributed by atoms with Crippen LogP contribution in [0.15, 0.2) is 24.4 Å². The Morgan fingerprint density at radius 3 is 2.81 bits per heavy atom. The van der Waals surface area contributed by atoms with E-state index < -0.39 is 6.61 Å². The normalized spacial score (nSPS) is 10.9. The molecule has 0 aliphatic rings. The number of benzene rings is 1. The third-order valence-electron chi connectivity index (χ3n) is 2.65. The first kappa shape index (κ1) is 15.2. The fraction of sp³-hybridized carbons (Fsp3) is 0.385. The summed E-state index contributed by atoms with van der Waals surface area (Å²) < 4.78 is 36.0. The molecule has 1 aromatic carbocycles. The summed E-state index contributed by atoms with van der Waals surface area (Å²) in [4.78, 5) is 0. The fourth-order valence-electron chi connectivity index (χ4n) is 1.80.